The summed E-state index contributed by atoms with van der Waals surface area (Å²) in [6, 6.07) is 10.0. The Labute approximate surface area is 187 Å². The summed E-state index contributed by atoms with van der Waals surface area (Å²) in [4.78, 5) is 30.0. The number of thioether (sulfide) groups is 1. The molecule has 0 bridgehead atoms. The number of hydrogen-bond acceptors (Lipinski definition) is 5. The first-order valence-electron chi connectivity index (χ1n) is 7.93. The van der Waals surface area contributed by atoms with Crippen molar-refractivity contribution in [3.05, 3.63) is 60.5 Å². The zero-order valence-corrected chi connectivity index (χ0v) is 19.3. The van der Waals surface area contributed by atoms with E-state index < -0.39 is 5.97 Å². The highest BCUT2D eigenvalue weighted by atomic mass is 127. The molecule has 1 amide bonds. The van der Waals surface area contributed by atoms with E-state index in [1.807, 2.05) is 18.2 Å². The average molecular weight is 573 g/mol. The van der Waals surface area contributed by atoms with Gasteiger partial charge in [0, 0.05) is 7.05 Å². The summed E-state index contributed by atoms with van der Waals surface area (Å²) in [5, 5.41) is 9.50. The van der Waals surface area contributed by atoms with Crippen LogP contribution >= 0.6 is 50.3 Å². The van der Waals surface area contributed by atoms with Crippen LogP contribution in [0.1, 0.15) is 15.9 Å². The van der Waals surface area contributed by atoms with Crippen LogP contribution in [-0.4, -0.2) is 41.2 Å². The smallest absolute Gasteiger partial charge is 0.335 e. The van der Waals surface area contributed by atoms with Gasteiger partial charge < -0.3 is 9.84 Å². The number of carbonyl (C=O) groups excluding carboxylic acids is 1. The molecular formula is C19H14BrIN2O4S. The van der Waals surface area contributed by atoms with Crippen molar-refractivity contribution >= 4 is 79.1 Å². The molecule has 0 aromatic heterocycles. The first-order chi connectivity index (χ1) is 13.3. The average Bonchev–Trinajstić information content (AvgIpc) is 2.90. The number of benzene rings is 2. The predicted octanol–water partition coefficient (Wildman–Crippen LogP) is 4.99. The number of halogens is 2. The number of likely N-dealkylation sites (N-methyl/N-ethyl adjacent to an activating group) is 1. The highest BCUT2D eigenvalue weighted by molar-refractivity contribution is 14.1. The van der Waals surface area contributed by atoms with Gasteiger partial charge in [0.15, 0.2) is 5.17 Å². The fraction of sp³-hybridized carbons (Fsp3) is 0.105. The topological polar surface area (TPSA) is 79.2 Å². The Bertz CT molecular complexity index is 998. The minimum Gasteiger partial charge on any atom is -0.494 e. The summed E-state index contributed by atoms with van der Waals surface area (Å²) in [6.45, 7) is 0. The van der Waals surface area contributed by atoms with Crippen molar-refractivity contribution in [3.8, 4) is 5.75 Å². The van der Waals surface area contributed by atoms with E-state index in [9.17, 15) is 9.59 Å². The molecule has 1 aliphatic heterocycles. The van der Waals surface area contributed by atoms with Crippen molar-refractivity contribution in [2.75, 3.05) is 14.2 Å². The van der Waals surface area contributed by atoms with Gasteiger partial charge in [-0.15, -0.1) is 0 Å². The zero-order chi connectivity index (χ0) is 20.4. The Balaban J connectivity index is 1.89. The molecule has 0 saturated carbocycles. The molecule has 2 aromatic carbocycles. The largest absolute Gasteiger partial charge is 0.494 e. The van der Waals surface area contributed by atoms with E-state index in [2.05, 4.69) is 43.5 Å². The van der Waals surface area contributed by atoms with E-state index in [1.54, 1.807) is 26.3 Å². The predicted molar refractivity (Wildman–Crippen MR) is 122 cm³/mol. The fourth-order valence-electron chi connectivity index (χ4n) is 2.45. The molecule has 0 atom stereocenters. The number of amides is 1. The molecule has 1 heterocycles. The van der Waals surface area contributed by atoms with Crippen LogP contribution in [0.4, 0.5) is 5.69 Å². The van der Waals surface area contributed by atoms with Gasteiger partial charge in [-0.25, -0.2) is 9.79 Å². The molecule has 28 heavy (non-hydrogen) atoms. The maximum Gasteiger partial charge on any atom is 0.335 e. The molecule has 1 saturated heterocycles. The molecule has 0 radical (unpaired) electrons. The van der Waals surface area contributed by atoms with Crippen LogP contribution in [0.5, 0.6) is 5.75 Å². The third-order valence-corrected chi connectivity index (χ3v) is 6.32. The van der Waals surface area contributed by atoms with E-state index >= 15 is 0 Å². The third kappa shape index (κ3) is 4.41. The zero-order valence-electron chi connectivity index (χ0n) is 14.8. The van der Waals surface area contributed by atoms with Gasteiger partial charge >= 0.3 is 5.97 Å². The minimum atomic E-state index is -0.993. The number of aromatic carboxylic acids is 1. The number of rotatable bonds is 4. The quantitative estimate of drug-likeness (QED) is 0.412. The summed E-state index contributed by atoms with van der Waals surface area (Å²) < 4.78 is 7.07. The minimum absolute atomic E-state index is 0.146. The van der Waals surface area contributed by atoms with Crippen LogP contribution in [0.3, 0.4) is 0 Å². The lowest BCUT2D eigenvalue weighted by atomic mass is 10.2. The number of carboxylic acids is 1. The van der Waals surface area contributed by atoms with E-state index in [1.165, 1.54) is 28.8 Å². The van der Waals surface area contributed by atoms with Crippen molar-refractivity contribution in [2.45, 2.75) is 0 Å². The number of hydrogen-bond donors (Lipinski definition) is 1. The molecule has 0 unspecified atom stereocenters. The van der Waals surface area contributed by atoms with Gasteiger partial charge in [0.1, 0.15) is 5.75 Å². The van der Waals surface area contributed by atoms with Crippen molar-refractivity contribution in [1.29, 1.82) is 0 Å². The van der Waals surface area contributed by atoms with Gasteiger partial charge in [0.25, 0.3) is 5.91 Å². The highest BCUT2D eigenvalue weighted by Gasteiger charge is 2.30. The highest BCUT2D eigenvalue weighted by Crippen LogP contribution is 2.36. The first kappa shape index (κ1) is 20.9. The van der Waals surface area contributed by atoms with E-state index in [0.717, 1.165) is 19.4 Å². The van der Waals surface area contributed by atoms with E-state index in [0.29, 0.717) is 15.8 Å². The second-order valence-electron chi connectivity index (χ2n) is 5.74. The maximum absolute atomic E-state index is 12.6. The normalized spacial score (nSPS) is 16.9. The molecule has 3 rings (SSSR count). The Hall–Kier alpha value is -1.85. The van der Waals surface area contributed by atoms with Crippen LogP contribution in [-0.2, 0) is 4.79 Å². The molecular weight excluding hydrogens is 559 g/mol. The number of ether oxygens (including phenoxy) is 1. The number of aliphatic imine (C=N–C) groups is 1. The second kappa shape index (κ2) is 8.66. The first-order valence-corrected chi connectivity index (χ1v) is 10.6. The summed E-state index contributed by atoms with van der Waals surface area (Å²) in [7, 11) is 3.27. The molecule has 1 fully saturated rings. The molecule has 1 N–H and O–H groups in total. The molecule has 0 spiro atoms. The van der Waals surface area contributed by atoms with Gasteiger partial charge in [-0.1, -0.05) is 0 Å². The summed E-state index contributed by atoms with van der Waals surface area (Å²) >= 11 is 6.93. The van der Waals surface area contributed by atoms with Crippen LogP contribution < -0.4 is 4.74 Å². The molecule has 2 aromatic rings. The molecule has 0 aliphatic carbocycles. The van der Waals surface area contributed by atoms with E-state index in [-0.39, 0.29) is 11.5 Å². The Morgan fingerprint density at radius 3 is 2.57 bits per heavy atom. The fourth-order valence-corrected chi connectivity index (χ4v) is 5.32. The molecule has 144 valence electrons. The Kier molecular flexibility index (Phi) is 6.46. The number of methoxy groups -OCH3 is 1. The van der Waals surface area contributed by atoms with Crippen LogP contribution in [0.2, 0.25) is 0 Å². The van der Waals surface area contributed by atoms with Crippen molar-refractivity contribution in [2.24, 2.45) is 4.99 Å². The molecule has 9 heteroatoms. The number of carbonyl (C=O) groups is 2. The third-order valence-electron chi connectivity index (χ3n) is 3.87. The van der Waals surface area contributed by atoms with Crippen LogP contribution in [0, 0.1) is 3.57 Å². The molecule has 6 nitrogen and oxygen atoms in total. The van der Waals surface area contributed by atoms with Gasteiger partial charge in [-0.05, 0) is 98.3 Å². The van der Waals surface area contributed by atoms with Gasteiger partial charge in [-0.3, -0.25) is 9.69 Å². The van der Waals surface area contributed by atoms with Gasteiger partial charge in [0.2, 0.25) is 0 Å². The van der Waals surface area contributed by atoms with Gasteiger partial charge in [0.05, 0.1) is 31.3 Å². The number of amidine groups is 1. The monoisotopic (exact) mass is 572 g/mol. The van der Waals surface area contributed by atoms with E-state index in [4.69, 9.17) is 9.84 Å². The standard InChI is InChI=1S/C19H14BrIN2O4S/c1-23-17(24)15(9-10-7-13(20)16(27-2)14(21)8-10)28-19(23)22-12-5-3-11(4-6-12)18(25)26/h3-9H,1-2H3,(H,25,26)/b15-9-,22-19?. The molecule has 1 aliphatic rings. The lowest BCUT2D eigenvalue weighted by Crippen LogP contribution is -2.23. The number of carboxylic acid groups (broad SMARTS) is 1. The SMILES string of the molecule is COc1c(Br)cc(/C=C2\SC(=Nc3ccc(C(=O)O)cc3)N(C)C2=O)cc1I. The summed E-state index contributed by atoms with van der Waals surface area (Å²) in [5.41, 5.74) is 1.64. The van der Waals surface area contributed by atoms with Crippen molar-refractivity contribution in [3.63, 3.8) is 0 Å². The van der Waals surface area contributed by atoms with Crippen molar-refractivity contribution in [1.82, 2.24) is 4.90 Å². The van der Waals surface area contributed by atoms with Crippen molar-refractivity contribution < 1.29 is 19.4 Å². The van der Waals surface area contributed by atoms with Crippen LogP contribution in [0.25, 0.3) is 6.08 Å². The number of nitrogens with zero attached hydrogens (tertiary/aromatic N) is 2. The summed E-state index contributed by atoms with van der Waals surface area (Å²) in [6.07, 6.45) is 1.81. The Morgan fingerprint density at radius 1 is 1.32 bits per heavy atom. The summed E-state index contributed by atoms with van der Waals surface area (Å²) in [5.74, 6) is -0.391. The lowest BCUT2D eigenvalue weighted by Gasteiger charge is -2.08. The Morgan fingerprint density at radius 2 is 2.00 bits per heavy atom. The maximum atomic E-state index is 12.6. The second-order valence-corrected chi connectivity index (χ2v) is 8.76. The van der Waals surface area contributed by atoms with Gasteiger partial charge in [-0.2, -0.15) is 0 Å². The lowest BCUT2D eigenvalue weighted by molar-refractivity contribution is -0.121. The van der Waals surface area contributed by atoms with Crippen LogP contribution in [0.15, 0.2) is 50.8 Å².